The molecule has 0 unspecified atom stereocenters. The number of thiophene rings is 1. The van der Waals surface area contributed by atoms with Crippen LogP contribution in [0.4, 0.5) is 5.69 Å². The Morgan fingerprint density at radius 2 is 2.07 bits per heavy atom. The Labute approximate surface area is 165 Å². The van der Waals surface area contributed by atoms with Crippen LogP contribution in [0.1, 0.15) is 4.88 Å². The lowest BCUT2D eigenvalue weighted by atomic mass is 10.2. The van der Waals surface area contributed by atoms with Crippen LogP contribution in [0.25, 0.3) is 11.4 Å². The number of carbonyl (C=O) groups is 1. The number of aromatic nitrogens is 3. The van der Waals surface area contributed by atoms with E-state index in [0.29, 0.717) is 22.3 Å². The molecule has 1 amide bonds. The van der Waals surface area contributed by atoms with Gasteiger partial charge in [0.15, 0.2) is 11.0 Å². The minimum absolute atomic E-state index is 0.164. The van der Waals surface area contributed by atoms with Gasteiger partial charge >= 0.3 is 0 Å². The SMILES string of the molecule is COc1ccc(OC)c(NC(=O)CSc2nnc(-c3csc(C)c3)n2C)c1. The van der Waals surface area contributed by atoms with Crippen molar-refractivity contribution in [3.63, 3.8) is 0 Å². The van der Waals surface area contributed by atoms with Crippen molar-refractivity contribution in [1.29, 1.82) is 0 Å². The van der Waals surface area contributed by atoms with Crippen LogP contribution in [-0.2, 0) is 11.8 Å². The molecule has 9 heteroatoms. The number of nitrogens with one attached hydrogen (secondary N) is 1. The average Bonchev–Trinajstić information content (AvgIpc) is 3.25. The molecule has 7 nitrogen and oxygen atoms in total. The van der Waals surface area contributed by atoms with Crippen molar-refractivity contribution in [2.75, 3.05) is 25.3 Å². The number of aryl methyl sites for hydroxylation is 1. The molecule has 0 radical (unpaired) electrons. The van der Waals surface area contributed by atoms with E-state index >= 15 is 0 Å². The molecule has 2 aromatic heterocycles. The van der Waals surface area contributed by atoms with Gasteiger partial charge in [0, 0.05) is 28.9 Å². The minimum Gasteiger partial charge on any atom is -0.497 e. The topological polar surface area (TPSA) is 78.3 Å². The van der Waals surface area contributed by atoms with Crippen molar-refractivity contribution in [3.8, 4) is 22.9 Å². The van der Waals surface area contributed by atoms with Gasteiger partial charge < -0.3 is 19.4 Å². The zero-order valence-corrected chi connectivity index (χ0v) is 17.1. The first-order chi connectivity index (χ1) is 13.0. The minimum atomic E-state index is -0.164. The molecule has 0 spiro atoms. The molecule has 142 valence electrons. The van der Waals surface area contributed by atoms with Crippen molar-refractivity contribution < 1.29 is 14.3 Å². The van der Waals surface area contributed by atoms with Crippen LogP contribution < -0.4 is 14.8 Å². The molecule has 27 heavy (non-hydrogen) atoms. The second-order valence-electron chi connectivity index (χ2n) is 5.71. The number of anilines is 1. The second kappa shape index (κ2) is 8.45. The third kappa shape index (κ3) is 4.42. The summed E-state index contributed by atoms with van der Waals surface area (Å²) in [5.41, 5.74) is 1.60. The summed E-state index contributed by atoms with van der Waals surface area (Å²) in [5, 5.41) is 14.0. The highest BCUT2D eigenvalue weighted by atomic mass is 32.2. The first-order valence-corrected chi connectivity index (χ1v) is 9.98. The lowest BCUT2D eigenvalue weighted by Gasteiger charge is -2.11. The molecule has 0 saturated carbocycles. The Hall–Kier alpha value is -2.52. The maximum absolute atomic E-state index is 12.4. The van der Waals surface area contributed by atoms with Crippen LogP contribution in [0.15, 0.2) is 34.8 Å². The third-order valence-electron chi connectivity index (χ3n) is 3.84. The van der Waals surface area contributed by atoms with Crippen molar-refractivity contribution in [2.24, 2.45) is 7.05 Å². The smallest absolute Gasteiger partial charge is 0.234 e. The molecule has 0 aliphatic rings. The summed E-state index contributed by atoms with van der Waals surface area (Å²) in [5.74, 6) is 2.04. The van der Waals surface area contributed by atoms with E-state index in [9.17, 15) is 4.79 Å². The molecule has 0 saturated heterocycles. The molecule has 0 aliphatic carbocycles. The highest BCUT2D eigenvalue weighted by Crippen LogP contribution is 2.30. The number of carbonyl (C=O) groups excluding carboxylic acids is 1. The average molecular weight is 405 g/mol. The molecule has 0 bridgehead atoms. The predicted molar refractivity (Wildman–Crippen MR) is 108 cm³/mol. The first-order valence-electron chi connectivity index (χ1n) is 8.11. The van der Waals surface area contributed by atoms with Gasteiger partial charge in [0.2, 0.25) is 5.91 Å². The summed E-state index contributed by atoms with van der Waals surface area (Å²) in [7, 11) is 5.02. The normalized spacial score (nSPS) is 10.7. The molecule has 1 N–H and O–H groups in total. The Balaban J connectivity index is 1.66. The van der Waals surface area contributed by atoms with Crippen LogP contribution in [0.3, 0.4) is 0 Å². The number of thioether (sulfide) groups is 1. The Bertz CT molecular complexity index is 952. The third-order valence-corrected chi connectivity index (χ3v) is 5.72. The number of rotatable bonds is 7. The molecule has 0 fully saturated rings. The van der Waals surface area contributed by atoms with Crippen molar-refractivity contribution in [3.05, 3.63) is 34.5 Å². The van der Waals surface area contributed by atoms with Crippen molar-refractivity contribution in [2.45, 2.75) is 12.1 Å². The van der Waals surface area contributed by atoms with E-state index in [0.717, 1.165) is 11.4 Å². The first kappa shape index (κ1) is 19.2. The number of nitrogens with zero attached hydrogens (tertiary/aromatic N) is 3. The fourth-order valence-electron chi connectivity index (χ4n) is 2.48. The number of ether oxygens (including phenoxy) is 2. The molecule has 2 heterocycles. The monoisotopic (exact) mass is 404 g/mol. The van der Waals surface area contributed by atoms with Gasteiger partial charge in [-0.15, -0.1) is 21.5 Å². The van der Waals surface area contributed by atoms with Gasteiger partial charge in [-0.25, -0.2) is 0 Å². The summed E-state index contributed by atoms with van der Waals surface area (Å²) in [6.45, 7) is 2.05. The molecule has 0 atom stereocenters. The van der Waals surface area contributed by atoms with Gasteiger partial charge in [0.25, 0.3) is 0 Å². The largest absolute Gasteiger partial charge is 0.497 e. The molecular weight excluding hydrogens is 384 g/mol. The second-order valence-corrected chi connectivity index (χ2v) is 7.77. The predicted octanol–water partition coefficient (Wildman–Crippen LogP) is 3.60. The molecule has 3 aromatic rings. The van der Waals surface area contributed by atoms with Crippen LogP contribution in [0, 0.1) is 6.92 Å². The molecule has 1 aromatic carbocycles. The summed E-state index contributed by atoms with van der Waals surface area (Å²) >= 11 is 3.00. The maximum atomic E-state index is 12.4. The number of methoxy groups -OCH3 is 2. The molecule has 0 aliphatic heterocycles. The van der Waals surface area contributed by atoms with E-state index < -0.39 is 0 Å². The summed E-state index contributed by atoms with van der Waals surface area (Å²) in [4.78, 5) is 13.6. The number of hydrogen-bond acceptors (Lipinski definition) is 7. The highest BCUT2D eigenvalue weighted by Gasteiger charge is 2.15. The molecular formula is C18H20N4O3S2. The number of benzene rings is 1. The van der Waals surface area contributed by atoms with E-state index in [2.05, 4.69) is 33.9 Å². The van der Waals surface area contributed by atoms with Crippen molar-refractivity contribution in [1.82, 2.24) is 14.8 Å². The summed E-state index contributed by atoms with van der Waals surface area (Å²) < 4.78 is 12.4. The van der Waals surface area contributed by atoms with Crippen LogP contribution in [0.2, 0.25) is 0 Å². The van der Waals surface area contributed by atoms with E-state index in [1.54, 1.807) is 43.8 Å². The fraction of sp³-hybridized carbons (Fsp3) is 0.278. The van der Waals surface area contributed by atoms with E-state index in [1.165, 1.54) is 16.6 Å². The zero-order chi connectivity index (χ0) is 19.4. The molecule has 3 rings (SSSR count). The number of amides is 1. The van der Waals surface area contributed by atoms with Crippen LogP contribution in [0.5, 0.6) is 11.5 Å². The van der Waals surface area contributed by atoms with E-state index in [-0.39, 0.29) is 11.7 Å². The quantitative estimate of drug-likeness (QED) is 0.606. The Morgan fingerprint density at radius 1 is 1.26 bits per heavy atom. The van der Waals surface area contributed by atoms with Gasteiger partial charge in [0.1, 0.15) is 11.5 Å². The van der Waals surface area contributed by atoms with E-state index in [4.69, 9.17) is 9.47 Å². The maximum Gasteiger partial charge on any atom is 0.234 e. The van der Waals surface area contributed by atoms with Gasteiger partial charge in [-0.2, -0.15) is 0 Å². The summed E-state index contributed by atoms with van der Waals surface area (Å²) in [6.07, 6.45) is 0. The van der Waals surface area contributed by atoms with Crippen LogP contribution in [-0.4, -0.2) is 40.6 Å². The number of hydrogen-bond donors (Lipinski definition) is 1. The van der Waals surface area contributed by atoms with Gasteiger partial charge in [-0.05, 0) is 25.1 Å². The summed E-state index contributed by atoms with van der Waals surface area (Å²) in [6, 6.07) is 7.32. The standard InChI is InChI=1S/C18H20N4O3S2/c1-11-7-12(9-26-11)17-20-21-18(22(17)2)27-10-16(23)19-14-8-13(24-3)5-6-15(14)25-4/h5-9H,10H2,1-4H3,(H,19,23). The van der Waals surface area contributed by atoms with Gasteiger partial charge in [0.05, 0.1) is 25.7 Å². The fourth-order valence-corrected chi connectivity index (χ4v) is 3.87. The van der Waals surface area contributed by atoms with Crippen LogP contribution >= 0.6 is 23.1 Å². The van der Waals surface area contributed by atoms with Crippen molar-refractivity contribution >= 4 is 34.7 Å². The Kier molecular flexibility index (Phi) is 6.02. The van der Waals surface area contributed by atoms with E-state index in [1.807, 2.05) is 11.6 Å². The lowest BCUT2D eigenvalue weighted by Crippen LogP contribution is -2.15. The van der Waals surface area contributed by atoms with Gasteiger partial charge in [-0.3, -0.25) is 4.79 Å². The highest BCUT2D eigenvalue weighted by molar-refractivity contribution is 7.99. The van der Waals surface area contributed by atoms with Gasteiger partial charge in [-0.1, -0.05) is 11.8 Å². The lowest BCUT2D eigenvalue weighted by molar-refractivity contribution is -0.113. The Morgan fingerprint density at radius 3 is 2.74 bits per heavy atom. The zero-order valence-electron chi connectivity index (χ0n) is 15.5.